The van der Waals surface area contributed by atoms with Gasteiger partial charge in [-0.3, -0.25) is 4.79 Å². The lowest BCUT2D eigenvalue weighted by Gasteiger charge is -2.59. The molecule has 3 N–H and O–H groups in total. The molecule has 2 aromatic heterocycles. The number of nitrogens with zero attached hydrogens (tertiary/aromatic N) is 4. The topological polar surface area (TPSA) is 110 Å². The zero-order valence-electron chi connectivity index (χ0n) is 23.8. The highest BCUT2D eigenvalue weighted by Gasteiger charge is 2.64. The van der Waals surface area contributed by atoms with Gasteiger partial charge in [0.05, 0.1) is 41.1 Å². The van der Waals surface area contributed by atoms with Crippen molar-refractivity contribution in [1.29, 1.82) is 0 Å². The first-order valence-corrected chi connectivity index (χ1v) is 15.1. The Hall–Kier alpha value is -2.92. The van der Waals surface area contributed by atoms with Gasteiger partial charge in [0, 0.05) is 31.7 Å². The predicted molar refractivity (Wildman–Crippen MR) is 157 cm³/mol. The third-order valence-electron chi connectivity index (χ3n) is 9.45. The Labute approximate surface area is 239 Å². The number of benzene rings is 1. The van der Waals surface area contributed by atoms with Gasteiger partial charge in [0.15, 0.2) is 0 Å². The van der Waals surface area contributed by atoms with Crippen molar-refractivity contribution < 1.29 is 18.8 Å². The molecule has 3 aromatic rings. The van der Waals surface area contributed by atoms with Crippen molar-refractivity contribution in [2.75, 3.05) is 51.4 Å². The molecule has 0 aliphatic carbocycles. The van der Waals surface area contributed by atoms with Crippen molar-refractivity contribution in [3.05, 3.63) is 46.6 Å². The Bertz CT molecular complexity index is 1460. The molecule has 10 heteroatoms. The van der Waals surface area contributed by atoms with Crippen molar-refractivity contribution in [3.63, 3.8) is 0 Å². The first-order chi connectivity index (χ1) is 19.2. The number of rotatable bonds is 5. The minimum atomic E-state index is -0.590. The van der Waals surface area contributed by atoms with E-state index in [1.807, 2.05) is 6.92 Å². The lowest BCUT2D eigenvalue weighted by atomic mass is 9.69. The quantitative estimate of drug-likeness (QED) is 0.355. The minimum Gasteiger partial charge on any atom is -0.383 e. The lowest BCUT2D eigenvalue weighted by molar-refractivity contribution is -0.949. The minimum absolute atomic E-state index is 0.0422. The van der Waals surface area contributed by atoms with E-state index in [0.29, 0.717) is 42.9 Å². The Morgan fingerprint density at radius 2 is 2.02 bits per heavy atom. The number of amides is 2. The van der Waals surface area contributed by atoms with Crippen molar-refractivity contribution in [1.82, 2.24) is 14.9 Å². The summed E-state index contributed by atoms with van der Waals surface area (Å²) < 4.78 is 7.38. The lowest BCUT2D eigenvalue weighted by Crippen LogP contribution is -2.74. The van der Waals surface area contributed by atoms with E-state index in [1.165, 1.54) is 6.20 Å². The second-order valence-corrected chi connectivity index (χ2v) is 13.1. The van der Waals surface area contributed by atoms with E-state index < -0.39 is 5.91 Å². The highest BCUT2D eigenvalue weighted by Crippen LogP contribution is 2.54. The average Bonchev–Trinajstić information content (AvgIpc) is 3.38. The maximum Gasteiger partial charge on any atom is 0.404 e. The molecule has 1 aromatic carbocycles. The molecular weight excluding hydrogens is 524 g/mol. The summed E-state index contributed by atoms with van der Waals surface area (Å²) in [7, 11) is 3.94. The van der Waals surface area contributed by atoms with Gasteiger partial charge in [0.2, 0.25) is 0 Å². The molecule has 3 fully saturated rings. The highest BCUT2D eigenvalue weighted by molar-refractivity contribution is 7.18. The number of likely N-dealkylation sites (tertiary alicyclic amines) is 1. The standard InChI is InChI=1S/C30H38N6O3S/c1-5-19-13-22(15-32-26(19)31)33-27(37)28(38)36-16-18(2)12-21(17-36)25(36)20-6-7-24-23(14-20)34-29(40-24)30(39-4)8-10-35(3)11-9-30/h6-7,13-15,18,21,25H,5,8-12,16-17H2,1-4H3,(H2-,31,32,33,37,38)/p+1/t18-,21?,25-,36?/m0/s1. The molecule has 9 nitrogen and oxygen atoms in total. The van der Waals surface area contributed by atoms with Gasteiger partial charge in [-0.05, 0) is 56.5 Å². The summed E-state index contributed by atoms with van der Waals surface area (Å²) in [5.74, 6) is 0.202. The number of piperidine rings is 3. The zero-order valence-corrected chi connectivity index (χ0v) is 24.6. The number of hydrogen-bond donors (Lipinski definition) is 2. The number of nitrogen functional groups attached to an aromatic ring is 1. The van der Waals surface area contributed by atoms with Crippen LogP contribution in [0.25, 0.3) is 10.2 Å². The Morgan fingerprint density at radius 3 is 2.75 bits per heavy atom. The molecule has 0 spiro atoms. The van der Waals surface area contributed by atoms with Gasteiger partial charge < -0.3 is 20.7 Å². The number of nitrogens with one attached hydrogen (secondary N) is 1. The van der Waals surface area contributed by atoms with Crippen molar-refractivity contribution in [2.24, 2.45) is 11.8 Å². The third-order valence-corrected chi connectivity index (χ3v) is 10.7. The summed E-state index contributed by atoms with van der Waals surface area (Å²) in [4.78, 5) is 38.8. The number of anilines is 2. The van der Waals surface area contributed by atoms with E-state index in [4.69, 9.17) is 15.5 Å². The number of quaternary nitrogens is 1. The maximum absolute atomic E-state index is 13.9. The molecule has 6 rings (SSSR count). The summed E-state index contributed by atoms with van der Waals surface area (Å²) in [6, 6.07) is 8.18. The molecule has 4 atom stereocenters. The molecule has 212 valence electrons. The molecule has 2 unspecified atom stereocenters. The number of ether oxygens (including phenoxy) is 1. The Balaban J connectivity index is 1.29. The molecule has 3 saturated heterocycles. The van der Waals surface area contributed by atoms with Crippen LogP contribution < -0.4 is 11.1 Å². The fraction of sp³-hybridized carbons (Fsp3) is 0.533. The van der Waals surface area contributed by atoms with Crippen LogP contribution in [0.2, 0.25) is 0 Å². The Morgan fingerprint density at radius 1 is 1.25 bits per heavy atom. The first-order valence-electron chi connectivity index (χ1n) is 14.3. The smallest absolute Gasteiger partial charge is 0.383 e. The van der Waals surface area contributed by atoms with Gasteiger partial charge in [0.1, 0.15) is 22.5 Å². The summed E-state index contributed by atoms with van der Waals surface area (Å²) in [5.41, 5.74) is 8.96. The number of thiazole rings is 1. The van der Waals surface area contributed by atoms with Crippen molar-refractivity contribution in [2.45, 2.75) is 51.2 Å². The second kappa shape index (κ2) is 10.2. The fourth-order valence-electron chi connectivity index (χ4n) is 7.35. The number of carbonyl (C=O) groups is 2. The number of hydrogen-bond acceptors (Lipinski definition) is 8. The summed E-state index contributed by atoms with van der Waals surface area (Å²) in [6.07, 6.45) is 5.10. The first kappa shape index (κ1) is 27.3. The SMILES string of the molecule is CCc1cc(NC(=O)C(=O)[N+]23CC(C[C@H](C)C2)[C@@H]3c2ccc3sc(C4(OC)CCN(C)CC4)nc3c2)cnc1N. The van der Waals surface area contributed by atoms with Crippen LogP contribution in [0.15, 0.2) is 30.5 Å². The van der Waals surface area contributed by atoms with Crippen LogP contribution in [0.4, 0.5) is 11.5 Å². The van der Waals surface area contributed by atoms with Gasteiger partial charge in [-0.2, -0.15) is 0 Å². The monoisotopic (exact) mass is 563 g/mol. The molecule has 40 heavy (non-hydrogen) atoms. The average molecular weight is 564 g/mol. The van der Waals surface area contributed by atoms with E-state index in [9.17, 15) is 9.59 Å². The molecule has 3 aliphatic heterocycles. The van der Waals surface area contributed by atoms with Crippen molar-refractivity contribution in [3.8, 4) is 0 Å². The second-order valence-electron chi connectivity index (χ2n) is 12.1. The molecule has 2 amide bonds. The van der Waals surface area contributed by atoms with Crippen LogP contribution in [-0.2, 0) is 26.3 Å². The van der Waals surface area contributed by atoms with Crippen LogP contribution in [0, 0.1) is 11.8 Å². The summed E-state index contributed by atoms with van der Waals surface area (Å²) >= 11 is 1.71. The molecule has 0 saturated carbocycles. The molecule has 0 radical (unpaired) electrons. The summed E-state index contributed by atoms with van der Waals surface area (Å²) in [5, 5.41) is 3.84. The molecular formula is C30H39N6O3S+. The van der Waals surface area contributed by atoms with Gasteiger partial charge in [-0.1, -0.05) is 19.9 Å². The number of aryl methyl sites for hydroxylation is 1. The third kappa shape index (κ3) is 4.41. The van der Waals surface area contributed by atoms with E-state index in [2.05, 4.69) is 47.4 Å². The number of fused-ring (bicyclic) bond motifs is 3. The van der Waals surface area contributed by atoms with E-state index in [1.54, 1.807) is 24.5 Å². The zero-order chi connectivity index (χ0) is 28.2. The normalized spacial score (nSPS) is 27.8. The number of pyridine rings is 1. The molecule has 2 bridgehead atoms. The van der Waals surface area contributed by atoms with E-state index >= 15 is 0 Å². The predicted octanol–water partition coefficient (Wildman–Crippen LogP) is 4.10. The maximum atomic E-state index is 13.9. The molecule has 3 aliphatic rings. The van der Waals surface area contributed by atoms with Gasteiger partial charge in [0.25, 0.3) is 0 Å². The van der Waals surface area contributed by atoms with Gasteiger partial charge >= 0.3 is 11.8 Å². The van der Waals surface area contributed by atoms with Crippen LogP contribution in [0.3, 0.4) is 0 Å². The van der Waals surface area contributed by atoms with Crippen LogP contribution >= 0.6 is 11.3 Å². The highest BCUT2D eigenvalue weighted by atomic mass is 32.1. The number of aromatic nitrogens is 2. The van der Waals surface area contributed by atoms with Gasteiger partial charge in [-0.25, -0.2) is 19.2 Å². The van der Waals surface area contributed by atoms with E-state index in [0.717, 1.165) is 58.7 Å². The van der Waals surface area contributed by atoms with Gasteiger partial charge in [-0.15, -0.1) is 11.3 Å². The summed E-state index contributed by atoms with van der Waals surface area (Å²) in [6.45, 7) is 7.48. The van der Waals surface area contributed by atoms with E-state index in [-0.39, 0.29) is 22.0 Å². The van der Waals surface area contributed by atoms with Crippen LogP contribution in [0.5, 0.6) is 0 Å². The number of carbonyl (C=O) groups excluding carboxylic acids is 2. The number of nitrogens with two attached hydrogens (primary N) is 1. The van der Waals surface area contributed by atoms with Crippen molar-refractivity contribution >= 4 is 44.9 Å². The van der Waals surface area contributed by atoms with Crippen LogP contribution in [0.1, 0.15) is 55.3 Å². The molecule has 5 heterocycles. The Kier molecular flexibility index (Phi) is 6.93. The van der Waals surface area contributed by atoms with Crippen LogP contribution in [-0.4, -0.2) is 71.5 Å². The largest absolute Gasteiger partial charge is 0.404 e. The number of methoxy groups -OCH3 is 1. The fourth-order valence-corrected chi connectivity index (χ4v) is 8.52.